The fourth-order valence-corrected chi connectivity index (χ4v) is 13.6. The van der Waals surface area contributed by atoms with Gasteiger partial charge in [0.05, 0.1) is 10.6 Å². The van der Waals surface area contributed by atoms with E-state index in [4.69, 9.17) is 18.1 Å². The minimum atomic E-state index is -4.28. The van der Waals surface area contributed by atoms with Crippen molar-refractivity contribution < 1.29 is 27.2 Å². The molecule has 0 bridgehead atoms. The Morgan fingerprint density at radius 2 is 0.388 bits per heavy atom. The van der Waals surface area contributed by atoms with Crippen molar-refractivity contribution in [3.63, 3.8) is 0 Å². The molecule has 0 saturated carbocycles. The monoisotopic (exact) mass is 1120 g/mol. The maximum Gasteiger partial charge on any atom is 0.462 e. The van der Waals surface area contributed by atoms with Gasteiger partial charge in [0.2, 0.25) is 0 Å². The topological polar surface area (TPSA) is 71.1 Å². The standard InChI is InChI=1S/C72H100O6P2/c1-45-37-53(65(5,6)7)61(54(38-45)66(8,9)10)75-79(73,76-62-55(67(11,12)13)39-46(2)40-56(62)68(14,15)16)51-33-29-49(30-34-51)50-31-35-52(36-32-50)80(74,77-63-57(69(17,18)19)41-47(3)42-58(63)70(20,21)22)78-64-59(71(23,24)25)43-48(4)44-60(64)72(26,27)28/h29-44H,1-28H3. The van der Waals surface area contributed by atoms with Gasteiger partial charge in [-0.1, -0.05) is 261 Å². The lowest BCUT2D eigenvalue weighted by molar-refractivity contribution is 0.374. The molecule has 0 radical (unpaired) electrons. The van der Waals surface area contributed by atoms with Crippen LogP contribution in [0, 0.1) is 27.7 Å². The molecule has 6 nitrogen and oxygen atoms in total. The van der Waals surface area contributed by atoms with Crippen molar-refractivity contribution in [2.75, 3.05) is 0 Å². The van der Waals surface area contributed by atoms with E-state index in [0.29, 0.717) is 33.6 Å². The van der Waals surface area contributed by atoms with Gasteiger partial charge in [-0.3, -0.25) is 0 Å². The summed E-state index contributed by atoms with van der Waals surface area (Å²) in [6.45, 7) is 60.5. The average Bonchev–Trinajstić information content (AvgIpc) is 3.28. The Labute approximate surface area is 485 Å². The second kappa shape index (κ2) is 21.6. The molecule has 0 saturated heterocycles. The van der Waals surface area contributed by atoms with Crippen LogP contribution >= 0.6 is 15.2 Å². The first kappa shape index (κ1) is 64.2. The maximum atomic E-state index is 16.6. The van der Waals surface area contributed by atoms with E-state index in [0.717, 1.165) is 77.9 Å². The van der Waals surface area contributed by atoms with Crippen LogP contribution in [0.1, 0.15) is 233 Å². The van der Waals surface area contributed by atoms with E-state index in [9.17, 15) is 0 Å². The van der Waals surface area contributed by atoms with Gasteiger partial charge in [-0.25, -0.2) is 9.13 Å². The molecule has 0 heterocycles. The molecule has 0 aliphatic heterocycles. The van der Waals surface area contributed by atoms with Gasteiger partial charge in [-0.15, -0.1) is 0 Å². The van der Waals surface area contributed by atoms with Gasteiger partial charge in [0.15, 0.2) is 0 Å². The Kier molecular flexibility index (Phi) is 17.3. The zero-order valence-corrected chi connectivity index (χ0v) is 56.4. The maximum absolute atomic E-state index is 16.6. The third-order valence-electron chi connectivity index (χ3n) is 14.9. The number of hydrogen-bond acceptors (Lipinski definition) is 6. The number of hydrogen-bond donors (Lipinski definition) is 0. The summed E-state index contributed by atoms with van der Waals surface area (Å²) < 4.78 is 62.2. The quantitative estimate of drug-likeness (QED) is 0.120. The molecule has 8 heteroatoms. The van der Waals surface area contributed by atoms with Crippen LogP contribution in [-0.4, -0.2) is 0 Å². The fourth-order valence-electron chi connectivity index (χ4n) is 10.3. The summed E-state index contributed by atoms with van der Waals surface area (Å²) in [4.78, 5) is 0. The van der Waals surface area contributed by atoms with Crippen molar-refractivity contribution in [2.45, 2.75) is 237 Å². The Morgan fingerprint density at radius 1 is 0.250 bits per heavy atom. The molecule has 0 atom stereocenters. The molecule has 0 fully saturated rings. The van der Waals surface area contributed by atoms with E-state index >= 15 is 9.13 Å². The third kappa shape index (κ3) is 14.2. The lowest BCUT2D eigenvalue weighted by Crippen LogP contribution is -2.25. The summed E-state index contributed by atoms with van der Waals surface area (Å²) in [5.41, 5.74) is 11.0. The van der Waals surface area contributed by atoms with Crippen LogP contribution in [0.3, 0.4) is 0 Å². The van der Waals surface area contributed by atoms with E-state index in [-0.39, 0.29) is 43.3 Å². The van der Waals surface area contributed by atoms with Gasteiger partial charge in [0.1, 0.15) is 23.0 Å². The largest absolute Gasteiger partial charge is 0.462 e. The highest BCUT2D eigenvalue weighted by atomic mass is 31.2. The SMILES string of the molecule is Cc1cc(C(C)(C)C)c(OP(=O)(Oc2c(C(C)(C)C)cc(C)cc2C(C)(C)C)c2ccc(-c3ccc(P(=O)(Oc4c(C(C)(C)C)cc(C)cc4C(C)(C)C)Oc4c(C(C)(C)C)cc(C)cc4C(C)(C)C)cc3)cc2)c(C(C)(C)C)c1. The molecule has 0 unspecified atom stereocenters. The summed E-state index contributed by atoms with van der Waals surface area (Å²) in [6.07, 6.45) is 0. The Bertz CT molecular complexity index is 2810. The van der Waals surface area contributed by atoms with Crippen molar-refractivity contribution in [3.8, 4) is 34.1 Å². The van der Waals surface area contributed by atoms with Crippen molar-refractivity contribution in [3.05, 3.63) is 164 Å². The predicted molar refractivity (Wildman–Crippen MR) is 343 cm³/mol. The van der Waals surface area contributed by atoms with Crippen LogP contribution in [-0.2, 0) is 52.5 Å². The van der Waals surface area contributed by atoms with Gasteiger partial charge in [0.25, 0.3) is 0 Å². The van der Waals surface area contributed by atoms with Crippen molar-refractivity contribution in [2.24, 2.45) is 0 Å². The molecule has 0 aliphatic carbocycles. The molecule has 0 aromatic heterocycles. The van der Waals surface area contributed by atoms with Crippen LogP contribution in [0.5, 0.6) is 23.0 Å². The van der Waals surface area contributed by atoms with Crippen molar-refractivity contribution in [1.29, 1.82) is 0 Å². The van der Waals surface area contributed by atoms with Crippen molar-refractivity contribution >= 4 is 25.8 Å². The minimum absolute atomic E-state index is 0.354. The van der Waals surface area contributed by atoms with Crippen LogP contribution in [0.4, 0.5) is 0 Å². The molecule has 80 heavy (non-hydrogen) atoms. The van der Waals surface area contributed by atoms with Gasteiger partial charge >= 0.3 is 15.2 Å². The summed E-state index contributed by atoms with van der Waals surface area (Å²) in [5.74, 6) is 2.33. The number of aryl methyl sites for hydroxylation is 4. The van der Waals surface area contributed by atoms with E-state index in [1.54, 1.807) is 0 Å². The molecule has 0 amide bonds. The van der Waals surface area contributed by atoms with Crippen LogP contribution in [0.15, 0.2) is 97.1 Å². The molecular formula is C72H100O6P2. The zero-order valence-electron chi connectivity index (χ0n) is 54.6. The van der Waals surface area contributed by atoms with Gasteiger partial charge < -0.3 is 18.1 Å². The third-order valence-corrected chi connectivity index (χ3v) is 18.5. The van der Waals surface area contributed by atoms with E-state index < -0.39 is 15.2 Å². The van der Waals surface area contributed by atoms with Crippen LogP contribution in [0.2, 0.25) is 0 Å². The summed E-state index contributed by atoms with van der Waals surface area (Å²) in [5, 5.41) is 0.851. The minimum Gasteiger partial charge on any atom is -0.412 e. The molecule has 0 spiro atoms. The van der Waals surface area contributed by atoms with Gasteiger partial charge in [-0.2, -0.15) is 0 Å². The smallest absolute Gasteiger partial charge is 0.412 e. The van der Waals surface area contributed by atoms with E-state index in [1.807, 2.05) is 48.5 Å². The highest BCUT2D eigenvalue weighted by Gasteiger charge is 2.42. The molecular weight excluding hydrogens is 1020 g/mol. The molecule has 0 aliphatic rings. The van der Waals surface area contributed by atoms with Crippen LogP contribution < -0.4 is 28.7 Å². The first-order valence-corrected chi connectivity index (χ1v) is 32.0. The van der Waals surface area contributed by atoms with Gasteiger partial charge in [0, 0.05) is 44.5 Å². The van der Waals surface area contributed by atoms with E-state index in [1.165, 1.54) is 0 Å². The Hall–Kier alpha value is -5.02. The number of benzene rings is 6. The molecule has 0 N–H and O–H groups in total. The molecule has 6 aromatic rings. The molecule has 6 rings (SSSR count). The second-order valence-electron chi connectivity index (χ2n) is 31.2. The summed E-state index contributed by atoms with van der Waals surface area (Å²) >= 11 is 0. The highest BCUT2D eigenvalue weighted by Crippen LogP contribution is 2.58. The molecule has 6 aromatic carbocycles. The molecule has 434 valence electrons. The highest BCUT2D eigenvalue weighted by molar-refractivity contribution is 7.63. The first-order chi connectivity index (χ1) is 36.0. The van der Waals surface area contributed by atoms with Crippen molar-refractivity contribution in [1.82, 2.24) is 0 Å². The fraction of sp³-hybridized carbons (Fsp3) is 0.500. The Balaban J connectivity index is 1.59. The normalized spacial score (nSPS) is 13.6. The van der Waals surface area contributed by atoms with Crippen LogP contribution in [0.25, 0.3) is 11.1 Å². The summed E-state index contributed by atoms with van der Waals surface area (Å²) in [7, 11) is -8.56. The zero-order chi connectivity index (χ0) is 60.7. The second-order valence-corrected chi connectivity index (χ2v) is 35.0. The summed E-state index contributed by atoms with van der Waals surface area (Å²) in [6, 6.07) is 32.7. The lowest BCUT2D eigenvalue weighted by atomic mass is 9.78. The average molecular weight is 1120 g/mol. The Morgan fingerprint density at radius 3 is 0.512 bits per heavy atom. The first-order valence-electron chi connectivity index (χ1n) is 28.9. The van der Waals surface area contributed by atoms with E-state index in [2.05, 4.69) is 242 Å². The predicted octanol–water partition coefficient (Wildman–Crippen LogP) is 20.9. The lowest BCUT2D eigenvalue weighted by Gasteiger charge is -2.34. The van der Waals surface area contributed by atoms with Gasteiger partial charge in [-0.05, 0) is 106 Å². The number of rotatable bonds is 11.